The van der Waals surface area contributed by atoms with Crippen LogP contribution in [0.15, 0.2) is 0 Å². The molecule has 90 valence electrons. The van der Waals surface area contributed by atoms with Crippen LogP contribution in [-0.4, -0.2) is 12.7 Å². The summed E-state index contributed by atoms with van der Waals surface area (Å²) in [4.78, 5) is 0. The summed E-state index contributed by atoms with van der Waals surface area (Å²) < 4.78 is 5.98. The van der Waals surface area contributed by atoms with Crippen LogP contribution in [0.5, 0.6) is 0 Å². The maximum absolute atomic E-state index is 5.98. The average Bonchev–Trinajstić information content (AvgIpc) is 2.25. The van der Waals surface area contributed by atoms with E-state index >= 15 is 0 Å². The highest BCUT2D eigenvalue weighted by molar-refractivity contribution is 4.91. The van der Waals surface area contributed by atoms with Gasteiger partial charge in [0.15, 0.2) is 0 Å². The van der Waals surface area contributed by atoms with Crippen LogP contribution in [0.25, 0.3) is 0 Å². The van der Waals surface area contributed by atoms with Crippen LogP contribution in [0.4, 0.5) is 0 Å². The Balaban J connectivity index is 2.73. The molecule has 1 aliphatic rings. The molecule has 0 radical (unpaired) electrons. The Labute approximate surface area is 95.6 Å². The van der Waals surface area contributed by atoms with Gasteiger partial charge < -0.3 is 4.74 Å². The first kappa shape index (κ1) is 13.0. The molecule has 3 unspecified atom stereocenters. The molecule has 1 heteroatoms. The van der Waals surface area contributed by atoms with Gasteiger partial charge in [-0.05, 0) is 29.1 Å². The van der Waals surface area contributed by atoms with E-state index in [1.54, 1.807) is 0 Å². The summed E-state index contributed by atoms with van der Waals surface area (Å²) in [5.74, 6) is 1.41. The topological polar surface area (TPSA) is 9.23 Å². The molecule has 3 atom stereocenters. The van der Waals surface area contributed by atoms with E-state index < -0.39 is 0 Å². The van der Waals surface area contributed by atoms with Crippen molar-refractivity contribution in [3.63, 3.8) is 0 Å². The van der Waals surface area contributed by atoms with Crippen molar-refractivity contribution in [2.75, 3.05) is 6.61 Å². The summed E-state index contributed by atoms with van der Waals surface area (Å²) in [6.07, 6.45) is 1.64. The van der Waals surface area contributed by atoms with Crippen molar-refractivity contribution in [1.82, 2.24) is 0 Å². The molecule has 0 aliphatic carbocycles. The quantitative estimate of drug-likeness (QED) is 0.635. The van der Waals surface area contributed by atoms with Gasteiger partial charge in [0.25, 0.3) is 0 Å². The third-order valence-electron chi connectivity index (χ3n) is 3.40. The van der Waals surface area contributed by atoms with E-state index in [4.69, 9.17) is 4.74 Å². The molecule has 1 saturated heterocycles. The Morgan fingerprint density at radius 2 is 1.60 bits per heavy atom. The molecule has 0 aromatic carbocycles. The third-order valence-corrected chi connectivity index (χ3v) is 3.40. The van der Waals surface area contributed by atoms with E-state index in [1.165, 1.54) is 6.42 Å². The van der Waals surface area contributed by atoms with Crippen LogP contribution in [0.2, 0.25) is 0 Å². The van der Waals surface area contributed by atoms with E-state index in [0.29, 0.717) is 28.8 Å². The maximum Gasteiger partial charge on any atom is 0.0616 e. The van der Waals surface area contributed by atoms with Crippen molar-refractivity contribution in [2.45, 2.75) is 61.0 Å². The van der Waals surface area contributed by atoms with Gasteiger partial charge in [0, 0.05) is 6.61 Å². The van der Waals surface area contributed by atoms with Gasteiger partial charge in [0.2, 0.25) is 0 Å². The van der Waals surface area contributed by atoms with Gasteiger partial charge in [0.1, 0.15) is 0 Å². The summed E-state index contributed by atoms with van der Waals surface area (Å²) in [7, 11) is 0. The molecule has 0 bridgehead atoms. The fourth-order valence-electron chi connectivity index (χ4n) is 3.05. The first-order chi connectivity index (χ1) is 6.61. The Hall–Kier alpha value is -0.0400. The summed E-state index contributed by atoms with van der Waals surface area (Å²) in [5, 5.41) is 0. The highest BCUT2D eigenvalue weighted by Crippen LogP contribution is 2.44. The average molecular weight is 212 g/mol. The van der Waals surface area contributed by atoms with Crippen LogP contribution < -0.4 is 0 Å². The summed E-state index contributed by atoms with van der Waals surface area (Å²) in [5.41, 5.74) is 0.740. The predicted octanol–water partition coefficient (Wildman–Crippen LogP) is 4.12. The van der Waals surface area contributed by atoms with Crippen molar-refractivity contribution in [3.05, 3.63) is 0 Å². The number of hydrogen-bond acceptors (Lipinski definition) is 1. The van der Waals surface area contributed by atoms with Crippen LogP contribution in [-0.2, 0) is 4.74 Å². The van der Waals surface area contributed by atoms with Crippen LogP contribution in [0.1, 0.15) is 54.9 Å². The Morgan fingerprint density at radius 3 is 2.00 bits per heavy atom. The van der Waals surface area contributed by atoms with Crippen molar-refractivity contribution in [1.29, 1.82) is 0 Å². The Bertz CT molecular complexity index is 206. The third kappa shape index (κ3) is 3.48. The molecular formula is C14H28O. The summed E-state index contributed by atoms with van der Waals surface area (Å²) in [6.45, 7) is 17.2. The van der Waals surface area contributed by atoms with Gasteiger partial charge >= 0.3 is 0 Å². The van der Waals surface area contributed by atoms with Crippen LogP contribution in [0, 0.1) is 22.7 Å². The van der Waals surface area contributed by atoms with E-state index in [2.05, 4.69) is 48.5 Å². The molecule has 0 N–H and O–H groups in total. The monoisotopic (exact) mass is 212 g/mol. The molecule has 1 heterocycles. The lowest BCUT2D eigenvalue weighted by atomic mass is 9.69. The smallest absolute Gasteiger partial charge is 0.0616 e. The summed E-state index contributed by atoms with van der Waals surface area (Å²) in [6, 6.07) is 0. The Kier molecular flexibility index (Phi) is 3.55. The van der Waals surface area contributed by atoms with E-state index in [9.17, 15) is 0 Å². The maximum atomic E-state index is 5.98. The van der Waals surface area contributed by atoms with E-state index in [0.717, 1.165) is 6.61 Å². The van der Waals surface area contributed by atoms with Crippen molar-refractivity contribution in [2.24, 2.45) is 22.7 Å². The molecule has 0 amide bonds. The van der Waals surface area contributed by atoms with Crippen molar-refractivity contribution in [3.8, 4) is 0 Å². The molecule has 0 saturated carbocycles. The molecule has 15 heavy (non-hydrogen) atoms. The second-order valence-corrected chi connectivity index (χ2v) is 7.51. The lowest BCUT2D eigenvalue weighted by Gasteiger charge is -2.36. The number of rotatable bonds is 1. The van der Waals surface area contributed by atoms with E-state index in [-0.39, 0.29) is 0 Å². The van der Waals surface area contributed by atoms with Gasteiger partial charge in [-0.2, -0.15) is 0 Å². The fourth-order valence-corrected chi connectivity index (χ4v) is 3.05. The number of hydrogen-bond donors (Lipinski definition) is 0. The minimum Gasteiger partial charge on any atom is -0.378 e. The lowest BCUT2D eigenvalue weighted by Crippen LogP contribution is -2.34. The summed E-state index contributed by atoms with van der Waals surface area (Å²) >= 11 is 0. The highest BCUT2D eigenvalue weighted by Gasteiger charge is 2.42. The lowest BCUT2D eigenvalue weighted by molar-refractivity contribution is 0.0274. The molecule has 1 nitrogen and oxygen atoms in total. The van der Waals surface area contributed by atoms with Crippen LogP contribution in [0.3, 0.4) is 0 Å². The van der Waals surface area contributed by atoms with Gasteiger partial charge in [-0.1, -0.05) is 48.5 Å². The molecule has 1 rings (SSSR count). The largest absolute Gasteiger partial charge is 0.378 e. The normalized spacial score (nSPS) is 33.4. The Morgan fingerprint density at radius 1 is 1.07 bits per heavy atom. The van der Waals surface area contributed by atoms with E-state index in [1.807, 2.05) is 0 Å². The molecular weight excluding hydrogens is 184 g/mol. The SMILES string of the molecule is CC1COC(CC(C)(C)C)C1C(C)(C)C. The second-order valence-electron chi connectivity index (χ2n) is 7.51. The zero-order valence-electron chi connectivity index (χ0n) is 11.6. The number of ether oxygens (including phenoxy) is 1. The molecule has 0 spiro atoms. The van der Waals surface area contributed by atoms with Gasteiger partial charge in [0.05, 0.1) is 6.10 Å². The van der Waals surface area contributed by atoms with Crippen molar-refractivity contribution < 1.29 is 4.74 Å². The first-order valence-corrected chi connectivity index (χ1v) is 6.23. The second kappa shape index (κ2) is 4.08. The molecule has 1 aliphatic heterocycles. The van der Waals surface area contributed by atoms with Gasteiger partial charge in [-0.25, -0.2) is 0 Å². The zero-order valence-corrected chi connectivity index (χ0v) is 11.6. The molecule has 0 aromatic heterocycles. The zero-order chi connectivity index (χ0) is 11.9. The van der Waals surface area contributed by atoms with Crippen LogP contribution >= 0.6 is 0 Å². The van der Waals surface area contributed by atoms with Crippen molar-refractivity contribution >= 4 is 0 Å². The standard InChI is InChI=1S/C14H28O/c1-10-9-15-11(8-13(2,3)4)12(10)14(5,6)7/h10-12H,8-9H2,1-7H3. The minimum absolute atomic E-state index is 0.367. The molecule has 0 aromatic rings. The highest BCUT2D eigenvalue weighted by atomic mass is 16.5. The van der Waals surface area contributed by atoms with Gasteiger partial charge in [-0.3, -0.25) is 0 Å². The fraction of sp³-hybridized carbons (Fsp3) is 1.00. The predicted molar refractivity (Wildman–Crippen MR) is 65.9 cm³/mol. The van der Waals surface area contributed by atoms with Gasteiger partial charge in [-0.15, -0.1) is 0 Å². The minimum atomic E-state index is 0.367. The molecule has 1 fully saturated rings. The first-order valence-electron chi connectivity index (χ1n) is 6.23.